The summed E-state index contributed by atoms with van der Waals surface area (Å²) < 4.78 is 0. The van der Waals surface area contributed by atoms with E-state index in [-0.39, 0.29) is 0 Å². The number of nitrogens with zero attached hydrogens (tertiary/aromatic N) is 2. The maximum Gasteiger partial charge on any atom is 0.171 e. The zero-order chi connectivity index (χ0) is 9.84. The Morgan fingerprint density at radius 3 is 2.69 bits per heavy atom. The molecule has 13 heavy (non-hydrogen) atoms. The molecular formula is C9H18N4. The number of H-pyrrole nitrogens is 1. The van der Waals surface area contributed by atoms with Gasteiger partial charge in [-0.3, -0.25) is 0 Å². The molecule has 0 atom stereocenters. The molecule has 0 bridgehead atoms. The van der Waals surface area contributed by atoms with Crippen molar-refractivity contribution < 1.29 is 0 Å². The van der Waals surface area contributed by atoms with E-state index in [9.17, 15) is 0 Å². The van der Waals surface area contributed by atoms with Gasteiger partial charge in [0.1, 0.15) is 11.6 Å². The van der Waals surface area contributed by atoms with E-state index in [0.29, 0.717) is 5.82 Å². The van der Waals surface area contributed by atoms with Gasteiger partial charge in [0, 0.05) is 13.6 Å². The standard InChI is InChI=1S/C9H18N4/c1-4-5-6-13(3)9-8(10)11-7(2)12-9/h4-6,10H2,1-3H3,(H,11,12). The molecule has 0 saturated carbocycles. The lowest BCUT2D eigenvalue weighted by atomic mass is 10.3. The van der Waals surface area contributed by atoms with E-state index >= 15 is 0 Å². The Kier molecular flexibility index (Phi) is 3.17. The lowest BCUT2D eigenvalue weighted by Gasteiger charge is -2.15. The number of rotatable bonds is 4. The summed E-state index contributed by atoms with van der Waals surface area (Å²) in [6, 6.07) is 0. The Morgan fingerprint density at radius 2 is 2.23 bits per heavy atom. The molecule has 1 aromatic heterocycles. The van der Waals surface area contributed by atoms with Gasteiger partial charge >= 0.3 is 0 Å². The first-order valence-electron chi connectivity index (χ1n) is 4.68. The summed E-state index contributed by atoms with van der Waals surface area (Å²) in [5, 5.41) is 0. The van der Waals surface area contributed by atoms with E-state index < -0.39 is 0 Å². The fourth-order valence-electron chi connectivity index (χ4n) is 1.29. The zero-order valence-electron chi connectivity index (χ0n) is 8.59. The van der Waals surface area contributed by atoms with Crippen LogP contribution in [-0.4, -0.2) is 23.6 Å². The van der Waals surface area contributed by atoms with Gasteiger partial charge in [0.05, 0.1) is 0 Å². The molecule has 0 aliphatic heterocycles. The van der Waals surface area contributed by atoms with Crippen LogP contribution in [0.5, 0.6) is 0 Å². The minimum Gasteiger partial charge on any atom is -0.382 e. The second-order valence-electron chi connectivity index (χ2n) is 3.33. The molecule has 3 N–H and O–H groups in total. The summed E-state index contributed by atoms with van der Waals surface area (Å²) in [5.41, 5.74) is 5.75. The van der Waals surface area contributed by atoms with Crippen LogP contribution in [0.15, 0.2) is 0 Å². The van der Waals surface area contributed by atoms with Gasteiger partial charge in [-0.05, 0) is 13.3 Å². The molecule has 0 spiro atoms. The molecule has 0 unspecified atom stereocenters. The summed E-state index contributed by atoms with van der Waals surface area (Å²) >= 11 is 0. The number of nitrogens with one attached hydrogen (secondary N) is 1. The second-order valence-corrected chi connectivity index (χ2v) is 3.33. The first-order chi connectivity index (χ1) is 6.15. The summed E-state index contributed by atoms with van der Waals surface area (Å²) in [6.45, 7) is 5.09. The summed E-state index contributed by atoms with van der Waals surface area (Å²) in [4.78, 5) is 9.38. The SMILES string of the molecule is CCCCN(C)c1nc(C)[nH]c1N. The molecule has 0 amide bonds. The lowest BCUT2D eigenvalue weighted by molar-refractivity contribution is 0.761. The van der Waals surface area contributed by atoms with E-state index in [1.807, 2.05) is 14.0 Å². The normalized spacial score (nSPS) is 10.4. The summed E-state index contributed by atoms with van der Waals surface area (Å²) in [5.74, 6) is 2.40. The number of unbranched alkanes of at least 4 members (excludes halogenated alkanes) is 1. The largest absolute Gasteiger partial charge is 0.382 e. The fraction of sp³-hybridized carbons (Fsp3) is 0.667. The topological polar surface area (TPSA) is 57.9 Å². The predicted octanol–water partition coefficient (Wildman–Crippen LogP) is 1.54. The molecule has 0 aliphatic carbocycles. The van der Waals surface area contributed by atoms with Gasteiger partial charge in [-0.15, -0.1) is 0 Å². The minimum absolute atomic E-state index is 0.663. The van der Waals surface area contributed by atoms with Crippen LogP contribution in [0.25, 0.3) is 0 Å². The van der Waals surface area contributed by atoms with Crippen molar-refractivity contribution in [1.82, 2.24) is 9.97 Å². The molecule has 1 aromatic rings. The van der Waals surface area contributed by atoms with Gasteiger partial charge < -0.3 is 15.6 Å². The van der Waals surface area contributed by atoms with E-state index in [0.717, 1.165) is 18.2 Å². The van der Waals surface area contributed by atoms with E-state index in [1.54, 1.807) is 0 Å². The highest BCUT2D eigenvalue weighted by atomic mass is 15.2. The average Bonchev–Trinajstić information content (AvgIpc) is 2.41. The molecule has 74 valence electrons. The number of aromatic nitrogens is 2. The number of nitrogen functional groups attached to an aromatic ring is 1. The van der Waals surface area contributed by atoms with Crippen LogP contribution >= 0.6 is 0 Å². The molecule has 0 radical (unpaired) electrons. The van der Waals surface area contributed by atoms with Gasteiger partial charge in [0.2, 0.25) is 0 Å². The molecule has 1 rings (SSSR count). The van der Waals surface area contributed by atoms with Crippen molar-refractivity contribution in [2.75, 3.05) is 24.2 Å². The third-order valence-corrected chi connectivity index (χ3v) is 2.04. The molecule has 4 nitrogen and oxygen atoms in total. The Bertz CT molecular complexity index is 267. The molecule has 0 fully saturated rings. The average molecular weight is 182 g/mol. The van der Waals surface area contributed by atoms with Gasteiger partial charge in [-0.1, -0.05) is 13.3 Å². The van der Waals surface area contributed by atoms with Gasteiger partial charge in [0.15, 0.2) is 5.82 Å². The second kappa shape index (κ2) is 4.16. The molecule has 0 aliphatic rings. The Balaban J connectivity index is 2.64. The van der Waals surface area contributed by atoms with Crippen molar-refractivity contribution in [2.24, 2.45) is 0 Å². The van der Waals surface area contributed by atoms with Crippen LogP contribution in [0.4, 0.5) is 11.6 Å². The maximum absolute atomic E-state index is 5.75. The Labute approximate surface area is 79.1 Å². The highest BCUT2D eigenvalue weighted by Gasteiger charge is 2.08. The van der Waals surface area contributed by atoms with E-state index in [4.69, 9.17) is 5.73 Å². The van der Waals surface area contributed by atoms with Crippen molar-refractivity contribution >= 4 is 11.6 Å². The number of aryl methyl sites for hydroxylation is 1. The number of hydrogen-bond acceptors (Lipinski definition) is 3. The molecule has 4 heteroatoms. The Morgan fingerprint density at radius 1 is 1.54 bits per heavy atom. The first-order valence-corrected chi connectivity index (χ1v) is 4.68. The third kappa shape index (κ3) is 2.37. The summed E-state index contributed by atoms with van der Waals surface area (Å²) in [6.07, 6.45) is 2.36. The summed E-state index contributed by atoms with van der Waals surface area (Å²) in [7, 11) is 2.02. The maximum atomic E-state index is 5.75. The van der Waals surface area contributed by atoms with Crippen LogP contribution in [0.2, 0.25) is 0 Å². The number of imidazole rings is 1. The van der Waals surface area contributed by atoms with Crippen LogP contribution in [0, 0.1) is 6.92 Å². The predicted molar refractivity (Wildman–Crippen MR) is 55.9 cm³/mol. The van der Waals surface area contributed by atoms with Crippen molar-refractivity contribution in [3.05, 3.63) is 5.82 Å². The van der Waals surface area contributed by atoms with Crippen molar-refractivity contribution in [1.29, 1.82) is 0 Å². The van der Waals surface area contributed by atoms with E-state index in [1.165, 1.54) is 12.8 Å². The monoisotopic (exact) mass is 182 g/mol. The van der Waals surface area contributed by atoms with Crippen LogP contribution in [0.1, 0.15) is 25.6 Å². The first kappa shape index (κ1) is 9.89. The smallest absolute Gasteiger partial charge is 0.171 e. The van der Waals surface area contributed by atoms with Crippen molar-refractivity contribution in [2.45, 2.75) is 26.7 Å². The van der Waals surface area contributed by atoms with Crippen LogP contribution < -0.4 is 10.6 Å². The number of hydrogen-bond donors (Lipinski definition) is 2. The molecule has 0 saturated heterocycles. The van der Waals surface area contributed by atoms with Gasteiger partial charge in [0.25, 0.3) is 0 Å². The molecule has 0 aromatic carbocycles. The highest BCUT2D eigenvalue weighted by molar-refractivity contribution is 5.58. The van der Waals surface area contributed by atoms with Crippen molar-refractivity contribution in [3.8, 4) is 0 Å². The van der Waals surface area contributed by atoms with Gasteiger partial charge in [-0.2, -0.15) is 0 Å². The lowest BCUT2D eigenvalue weighted by Crippen LogP contribution is -2.19. The third-order valence-electron chi connectivity index (χ3n) is 2.04. The van der Waals surface area contributed by atoms with Gasteiger partial charge in [-0.25, -0.2) is 4.98 Å². The number of anilines is 2. The number of nitrogens with two attached hydrogens (primary N) is 1. The number of aromatic amines is 1. The molecule has 1 heterocycles. The highest BCUT2D eigenvalue weighted by Crippen LogP contribution is 2.18. The Hall–Kier alpha value is -1.19. The van der Waals surface area contributed by atoms with E-state index in [2.05, 4.69) is 21.8 Å². The van der Waals surface area contributed by atoms with Crippen LogP contribution in [0.3, 0.4) is 0 Å². The van der Waals surface area contributed by atoms with Crippen molar-refractivity contribution in [3.63, 3.8) is 0 Å². The minimum atomic E-state index is 0.663. The quantitative estimate of drug-likeness (QED) is 0.742. The van der Waals surface area contributed by atoms with Crippen LogP contribution in [-0.2, 0) is 0 Å². The fourth-order valence-corrected chi connectivity index (χ4v) is 1.29. The molecular weight excluding hydrogens is 164 g/mol. The zero-order valence-corrected chi connectivity index (χ0v) is 8.59.